The Labute approximate surface area is 104 Å². The van der Waals surface area contributed by atoms with Crippen LogP contribution in [0.2, 0.25) is 0 Å². The first kappa shape index (κ1) is 12.1. The molecule has 92 valence electrons. The zero-order valence-corrected chi connectivity index (χ0v) is 9.41. The van der Waals surface area contributed by atoms with Gasteiger partial charge >= 0.3 is 0 Å². The van der Waals surface area contributed by atoms with Gasteiger partial charge < -0.3 is 15.8 Å². The number of carbonyl (C=O) groups is 1. The summed E-state index contributed by atoms with van der Waals surface area (Å²) in [5, 5.41) is 21.7. The zero-order valence-electron chi connectivity index (χ0n) is 9.41. The minimum absolute atomic E-state index is 0.104. The van der Waals surface area contributed by atoms with Crippen molar-refractivity contribution in [1.29, 1.82) is 0 Å². The summed E-state index contributed by atoms with van der Waals surface area (Å²) >= 11 is 0. The molecule has 0 heterocycles. The second-order valence-electron chi connectivity index (χ2n) is 3.64. The SMILES string of the molecule is O=C(Nc1ccc(N([O-])O)cc1)c1ccccc1. The Bertz CT molecular complexity index is 524. The lowest BCUT2D eigenvalue weighted by Crippen LogP contribution is -2.12. The van der Waals surface area contributed by atoms with E-state index in [2.05, 4.69) is 5.32 Å². The molecular formula is C13H11N2O3-. The summed E-state index contributed by atoms with van der Waals surface area (Å²) in [6, 6.07) is 14.7. The first-order valence-electron chi connectivity index (χ1n) is 5.29. The van der Waals surface area contributed by atoms with Gasteiger partial charge in [-0.25, -0.2) is 0 Å². The van der Waals surface area contributed by atoms with Crippen LogP contribution in [-0.4, -0.2) is 11.1 Å². The molecule has 0 saturated carbocycles. The van der Waals surface area contributed by atoms with Crippen LogP contribution in [0.3, 0.4) is 0 Å². The van der Waals surface area contributed by atoms with Crippen molar-refractivity contribution in [2.24, 2.45) is 0 Å². The number of nitrogens with one attached hydrogen (secondary N) is 1. The van der Waals surface area contributed by atoms with Crippen molar-refractivity contribution in [2.45, 2.75) is 0 Å². The lowest BCUT2D eigenvalue weighted by Gasteiger charge is -2.21. The van der Waals surface area contributed by atoms with E-state index in [-0.39, 0.29) is 16.8 Å². The maximum atomic E-state index is 11.8. The van der Waals surface area contributed by atoms with Crippen molar-refractivity contribution in [3.05, 3.63) is 65.4 Å². The van der Waals surface area contributed by atoms with Gasteiger partial charge in [0.05, 0.1) is 5.69 Å². The van der Waals surface area contributed by atoms with Gasteiger partial charge in [-0.15, -0.1) is 0 Å². The second-order valence-corrected chi connectivity index (χ2v) is 3.64. The molecule has 1 amide bonds. The monoisotopic (exact) mass is 243 g/mol. The predicted octanol–water partition coefficient (Wildman–Crippen LogP) is 2.63. The van der Waals surface area contributed by atoms with Crippen molar-refractivity contribution in [3.8, 4) is 0 Å². The van der Waals surface area contributed by atoms with Crippen molar-refractivity contribution in [3.63, 3.8) is 0 Å². The van der Waals surface area contributed by atoms with Gasteiger partial charge in [0.1, 0.15) is 0 Å². The van der Waals surface area contributed by atoms with E-state index in [0.717, 1.165) is 0 Å². The lowest BCUT2D eigenvalue weighted by atomic mass is 10.2. The largest absolute Gasteiger partial charge is 0.733 e. The molecule has 0 unspecified atom stereocenters. The Balaban J connectivity index is 2.08. The molecule has 18 heavy (non-hydrogen) atoms. The van der Waals surface area contributed by atoms with Gasteiger partial charge in [0, 0.05) is 11.3 Å². The Morgan fingerprint density at radius 1 is 1.06 bits per heavy atom. The third-order valence-corrected chi connectivity index (χ3v) is 2.38. The molecule has 0 bridgehead atoms. The highest BCUT2D eigenvalue weighted by Gasteiger charge is 2.04. The molecule has 0 saturated heterocycles. The molecule has 0 aliphatic carbocycles. The number of hydrogen-bond acceptors (Lipinski definition) is 4. The van der Waals surface area contributed by atoms with Crippen molar-refractivity contribution in [1.82, 2.24) is 0 Å². The normalized spacial score (nSPS) is 9.89. The molecule has 2 aromatic carbocycles. The van der Waals surface area contributed by atoms with E-state index in [1.54, 1.807) is 24.3 Å². The molecule has 2 N–H and O–H groups in total. The van der Waals surface area contributed by atoms with Gasteiger partial charge in [0.2, 0.25) is 0 Å². The Morgan fingerprint density at radius 2 is 1.67 bits per heavy atom. The third kappa shape index (κ3) is 2.85. The van der Waals surface area contributed by atoms with Crippen molar-refractivity contribution in [2.75, 3.05) is 10.5 Å². The molecule has 0 fully saturated rings. The standard InChI is InChI=1S/C13H11N2O3/c16-13(10-4-2-1-3-5-10)14-11-6-8-12(9-7-11)15(17)18/h1-9,17H,(H,14,16)/q-1. The Kier molecular flexibility index (Phi) is 3.57. The highest BCUT2D eigenvalue weighted by Crippen LogP contribution is 2.16. The minimum Gasteiger partial charge on any atom is -0.733 e. The average Bonchev–Trinajstić information content (AvgIpc) is 2.40. The number of anilines is 2. The predicted molar refractivity (Wildman–Crippen MR) is 68.5 cm³/mol. The zero-order chi connectivity index (χ0) is 13.0. The summed E-state index contributed by atoms with van der Waals surface area (Å²) in [5.74, 6) is -0.230. The van der Waals surface area contributed by atoms with E-state index in [9.17, 15) is 10.0 Å². The van der Waals surface area contributed by atoms with E-state index in [1.165, 1.54) is 24.3 Å². The fourth-order valence-corrected chi connectivity index (χ4v) is 1.47. The lowest BCUT2D eigenvalue weighted by molar-refractivity contribution is 0.102. The van der Waals surface area contributed by atoms with E-state index < -0.39 is 0 Å². The summed E-state index contributed by atoms with van der Waals surface area (Å²) < 4.78 is 0. The first-order chi connectivity index (χ1) is 8.66. The van der Waals surface area contributed by atoms with Gasteiger partial charge in [-0.3, -0.25) is 10.0 Å². The van der Waals surface area contributed by atoms with Crippen molar-refractivity contribution >= 4 is 17.3 Å². The number of carbonyl (C=O) groups excluding carboxylic acids is 1. The summed E-state index contributed by atoms with van der Waals surface area (Å²) in [6.07, 6.45) is 0. The molecule has 0 aliphatic rings. The van der Waals surface area contributed by atoms with Crippen LogP contribution < -0.4 is 10.5 Å². The number of benzene rings is 2. The van der Waals surface area contributed by atoms with Gasteiger partial charge in [-0.2, -0.15) is 0 Å². The average molecular weight is 243 g/mol. The highest BCUT2D eigenvalue weighted by molar-refractivity contribution is 6.04. The molecule has 2 rings (SSSR count). The second kappa shape index (κ2) is 5.31. The van der Waals surface area contributed by atoms with Crippen LogP contribution in [-0.2, 0) is 0 Å². The summed E-state index contributed by atoms with van der Waals surface area (Å²) in [4.78, 5) is 11.8. The molecule has 0 aromatic heterocycles. The van der Waals surface area contributed by atoms with Crippen LogP contribution in [0, 0.1) is 5.21 Å². The fraction of sp³-hybridized carbons (Fsp3) is 0. The summed E-state index contributed by atoms with van der Waals surface area (Å²) in [5.41, 5.74) is 1.20. The quantitative estimate of drug-likeness (QED) is 0.812. The van der Waals surface area contributed by atoms with Crippen LogP contribution in [0.5, 0.6) is 0 Å². The third-order valence-electron chi connectivity index (χ3n) is 2.38. The van der Waals surface area contributed by atoms with Gasteiger partial charge in [-0.05, 0) is 36.4 Å². The number of nitrogens with zero attached hydrogens (tertiary/aromatic N) is 1. The van der Waals surface area contributed by atoms with Gasteiger partial charge in [-0.1, -0.05) is 18.2 Å². The molecule has 0 radical (unpaired) electrons. The molecule has 2 aromatic rings. The number of rotatable bonds is 3. The van der Waals surface area contributed by atoms with E-state index in [1.807, 2.05) is 6.07 Å². The van der Waals surface area contributed by atoms with Crippen LogP contribution in [0.25, 0.3) is 0 Å². The molecular weight excluding hydrogens is 232 g/mol. The van der Waals surface area contributed by atoms with Crippen LogP contribution in [0.15, 0.2) is 54.6 Å². The number of hydrogen-bond donors (Lipinski definition) is 2. The van der Waals surface area contributed by atoms with Crippen LogP contribution in [0.1, 0.15) is 10.4 Å². The maximum absolute atomic E-state index is 11.8. The maximum Gasteiger partial charge on any atom is 0.255 e. The number of amides is 1. The Morgan fingerprint density at radius 3 is 2.22 bits per heavy atom. The first-order valence-corrected chi connectivity index (χ1v) is 5.29. The summed E-state index contributed by atoms with van der Waals surface area (Å²) in [6.45, 7) is 0. The Hall–Kier alpha value is -2.37. The topological polar surface area (TPSA) is 75.6 Å². The molecule has 0 atom stereocenters. The highest BCUT2D eigenvalue weighted by atomic mass is 16.8. The van der Waals surface area contributed by atoms with Gasteiger partial charge in [0.15, 0.2) is 0 Å². The van der Waals surface area contributed by atoms with E-state index in [0.29, 0.717) is 11.3 Å². The van der Waals surface area contributed by atoms with Crippen LogP contribution >= 0.6 is 0 Å². The van der Waals surface area contributed by atoms with E-state index >= 15 is 0 Å². The smallest absolute Gasteiger partial charge is 0.255 e. The summed E-state index contributed by atoms with van der Waals surface area (Å²) in [7, 11) is 0. The molecule has 5 nitrogen and oxygen atoms in total. The molecule has 0 spiro atoms. The fourth-order valence-electron chi connectivity index (χ4n) is 1.47. The van der Waals surface area contributed by atoms with Crippen LogP contribution in [0.4, 0.5) is 11.4 Å². The molecule has 0 aliphatic heterocycles. The van der Waals surface area contributed by atoms with Gasteiger partial charge in [0.25, 0.3) is 5.91 Å². The minimum atomic E-state index is -0.233. The van der Waals surface area contributed by atoms with Crippen molar-refractivity contribution < 1.29 is 10.0 Å². The molecule has 5 heteroatoms. The van der Waals surface area contributed by atoms with E-state index in [4.69, 9.17) is 5.21 Å².